The van der Waals surface area contributed by atoms with E-state index in [-0.39, 0.29) is 11.9 Å². The number of piperidine rings is 1. The summed E-state index contributed by atoms with van der Waals surface area (Å²) in [4.78, 5) is 0. The Hall–Kier alpha value is -1.02. The Balaban J connectivity index is 1.88. The zero-order valence-electron chi connectivity index (χ0n) is 12.5. The molecule has 0 amide bonds. The Bertz CT molecular complexity index is 617. The second-order valence-corrected chi connectivity index (χ2v) is 7.73. The molecule has 2 fully saturated rings. The van der Waals surface area contributed by atoms with Gasteiger partial charge in [-0.2, -0.15) is 17.0 Å². The van der Waals surface area contributed by atoms with Gasteiger partial charge in [0.05, 0.1) is 6.04 Å². The number of nitrogens with zero attached hydrogens (tertiary/aromatic N) is 2. The number of piperazine rings is 1. The van der Waals surface area contributed by atoms with Crippen molar-refractivity contribution in [2.24, 2.45) is 0 Å². The largest absolute Gasteiger partial charge is 0.313 e. The van der Waals surface area contributed by atoms with Crippen LogP contribution >= 0.6 is 0 Å². The van der Waals surface area contributed by atoms with Crippen molar-refractivity contribution in [2.75, 3.05) is 32.7 Å². The van der Waals surface area contributed by atoms with E-state index >= 15 is 0 Å². The normalized spacial score (nSPS) is 25.2. The summed E-state index contributed by atoms with van der Waals surface area (Å²) in [5.41, 5.74) is 0.702. The summed E-state index contributed by atoms with van der Waals surface area (Å²) in [5.74, 6) is -0.335. The zero-order valence-corrected chi connectivity index (χ0v) is 13.4. The Kier molecular flexibility index (Phi) is 4.77. The Morgan fingerprint density at radius 3 is 2.64 bits per heavy atom. The van der Waals surface area contributed by atoms with Gasteiger partial charge < -0.3 is 5.32 Å². The van der Waals surface area contributed by atoms with Gasteiger partial charge in [0.25, 0.3) is 10.2 Å². The van der Waals surface area contributed by atoms with Crippen molar-refractivity contribution in [3.8, 4) is 0 Å². The smallest absolute Gasteiger partial charge is 0.282 e. The van der Waals surface area contributed by atoms with E-state index in [0.29, 0.717) is 38.3 Å². The van der Waals surface area contributed by atoms with Gasteiger partial charge in [0.1, 0.15) is 5.82 Å². The third-order valence-electron chi connectivity index (χ3n) is 4.37. The summed E-state index contributed by atoms with van der Waals surface area (Å²) in [7, 11) is -3.49. The SMILES string of the molecule is O=S(=O)(N1CCCCC1)N1CCNCC1c1cccc(F)c1. The quantitative estimate of drug-likeness (QED) is 0.915. The highest BCUT2D eigenvalue weighted by Crippen LogP contribution is 2.28. The molecule has 0 radical (unpaired) electrons. The molecule has 3 rings (SSSR count). The first-order valence-electron chi connectivity index (χ1n) is 7.82. The molecule has 1 aromatic carbocycles. The van der Waals surface area contributed by atoms with E-state index in [1.165, 1.54) is 16.4 Å². The minimum atomic E-state index is -3.49. The molecule has 1 atom stereocenters. The van der Waals surface area contributed by atoms with Crippen LogP contribution < -0.4 is 5.32 Å². The summed E-state index contributed by atoms with van der Waals surface area (Å²) in [5, 5.41) is 3.21. The molecule has 0 saturated carbocycles. The molecule has 0 aliphatic carbocycles. The van der Waals surface area contributed by atoms with Crippen LogP contribution in [-0.4, -0.2) is 49.8 Å². The molecule has 0 bridgehead atoms. The first-order chi connectivity index (χ1) is 10.6. The second-order valence-electron chi connectivity index (χ2n) is 5.85. The van der Waals surface area contributed by atoms with E-state index in [1.54, 1.807) is 16.4 Å². The standard InChI is InChI=1S/C15H22FN3O2S/c16-14-6-4-5-13(11-14)15-12-17-7-10-19(15)22(20,21)18-8-2-1-3-9-18/h4-6,11,15,17H,1-3,7-10,12H2. The molecule has 0 spiro atoms. The molecule has 1 unspecified atom stereocenters. The predicted octanol–water partition coefficient (Wildman–Crippen LogP) is 1.50. The average Bonchev–Trinajstić information content (AvgIpc) is 2.56. The van der Waals surface area contributed by atoms with Gasteiger partial charge in [0.15, 0.2) is 0 Å². The van der Waals surface area contributed by atoms with E-state index in [1.807, 2.05) is 0 Å². The molecular formula is C15H22FN3O2S. The van der Waals surface area contributed by atoms with Gasteiger partial charge in [0.2, 0.25) is 0 Å². The van der Waals surface area contributed by atoms with Gasteiger partial charge in [-0.15, -0.1) is 0 Å². The molecule has 1 N–H and O–H groups in total. The molecule has 2 aliphatic heterocycles. The summed E-state index contributed by atoms with van der Waals surface area (Å²) < 4.78 is 42.5. The molecule has 7 heteroatoms. The topological polar surface area (TPSA) is 52.7 Å². The molecule has 5 nitrogen and oxygen atoms in total. The van der Waals surface area contributed by atoms with E-state index < -0.39 is 10.2 Å². The number of rotatable bonds is 3. The molecule has 2 saturated heterocycles. The minimum Gasteiger partial charge on any atom is -0.313 e. The van der Waals surface area contributed by atoms with Crippen molar-refractivity contribution in [3.05, 3.63) is 35.6 Å². The fourth-order valence-electron chi connectivity index (χ4n) is 3.20. The number of halogens is 1. The lowest BCUT2D eigenvalue weighted by Gasteiger charge is -2.39. The number of hydrogen-bond donors (Lipinski definition) is 1. The van der Waals surface area contributed by atoms with Crippen LogP contribution in [-0.2, 0) is 10.2 Å². The van der Waals surface area contributed by atoms with Crippen LogP contribution in [0.25, 0.3) is 0 Å². The number of hydrogen-bond acceptors (Lipinski definition) is 3. The highest BCUT2D eigenvalue weighted by Gasteiger charge is 2.37. The molecule has 1 aromatic rings. The third-order valence-corrected chi connectivity index (χ3v) is 6.41. The maximum absolute atomic E-state index is 13.5. The van der Waals surface area contributed by atoms with E-state index in [2.05, 4.69) is 5.32 Å². The summed E-state index contributed by atoms with van der Waals surface area (Å²) >= 11 is 0. The van der Waals surface area contributed by atoms with Crippen LogP contribution in [0.15, 0.2) is 24.3 Å². The number of nitrogens with one attached hydrogen (secondary N) is 1. The van der Waals surface area contributed by atoms with Gasteiger partial charge in [-0.05, 0) is 30.5 Å². The van der Waals surface area contributed by atoms with Crippen molar-refractivity contribution >= 4 is 10.2 Å². The average molecular weight is 327 g/mol. The highest BCUT2D eigenvalue weighted by molar-refractivity contribution is 7.86. The maximum Gasteiger partial charge on any atom is 0.282 e. The van der Waals surface area contributed by atoms with E-state index in [9.17, 15) is 12.8 Å². The van der Waals surface area contributed by atoms with Crippen molar-refractivity contribution in [3.63, 3.8) is 0 Å². The van der Waals surface area contributed by atoms with Crippen LogP contribution in [0.2, 0.25) is 0 Å². The monoisotopic (exact) mass is 327 g/mol. The lowest BCUT2D eigenvalue weighted by Crippen LogP contribution is -2.54. The van der Waals surface area contributed by atoms with E-state index in [0.717, 1.165) is 19.3 Å². The Labute approximate surface area is 131 Å². The van der Waals surface area contributed by atoms with Gasteiger partial charge in [-0.1, -0.05) is 18.6 Å². The lowest BCUT2D eigenvalue weighted by molar-refractivity contribution is 0.236. The summed E-state index contributed by atoms with van der Waals surface area (Å²) in [6.07, 6.45) is 2.91. The van der Waals surface area contributed by atoms with Crippen LogP contribution in [0.4, 0.5) is 4.39 Å². The fraction of sp³-hybridized carbons (Fsp3) is 0.600. The van der Waals surface area contributed by atoms with Gasteiger partial charge in [0, 0.05) is 32.7 Å². The summed E-state index contributed by atoms with van der Waals surface area (Å²) in [6.45, 7) is 2.72. The Morgan fingerprint density at radius 2 is 1.91 bits per heavy atom. The molecule has 2 aliphatic rings. The van der Waals surface area contributed by atoms with Crippen LogP contribution in [0, 0.1) is 5.82 Å². The van der Waals surface area contributed by atoms with Gasteiger partial charge in [-0.25, -0.2) is 4.39 Å². The van der Waals surface area contributed by atoms with Gasteiger partial charge >= 0.3 is 0 Å². The van der Waals surface area contributed by atoms with Gasteiger partial charge in [-0.3, -0.25) is 0 Å². The molecular weight excluding hydrogens is 305 g/mol. The molecule has 0 aromatic heterocycles. The van der Waals surface area contributed by atoms with Crippen LogP contribution in [0.5, 0.6) is 0 Å². The molecule has 22 heavy (non-hydrogen) atoms. The minimum absolute atomic E-state index is 0.335. The van der Waals surface area contributed by atoms with Crippen LogP contribution in [0.1, 0.15) is 30.9 Å². The molecule has 122 valence electrons. The lowest BCUT2D eigenvalue weighted by atomic mass is 10.1. The van der Waals surface area contributed by atoms with Crippen molar-refractivity contribution in [1.82, 2.24) is 13.9 Å². The second kappa shape index (κ2) is 6.62. The van der Waals surface area contributed by atoms with E-state index in [4.69, 9.17) is 0 Å². The number of benzene rings is 1. The first-order valence-corrected chi connectivity index (χ1v) is 9.22. The van der Waals surface area contributed by atoms with Crippen molar-refractivity contribution < 1.29 is 12.8 Å². The first kappa shape index (κ1) is 15.9. The van der Waals surface area contributed by atoms with Crippen LogP contribution in [0.3, 0.4) is 0 Å². The third kappa shape index (κ3) is 3.17. The molecule has 2 heterocycles. The fourth-order valence-corrected chi connectivity index (χ4v) is 5.06. The Morgan fingerprint density at radius 1 is 1.14 bits per heavy atom. The summed E-state index contributed by atoms with van der Waals surface area (Å²) in [6, 6.07) is 5.88. The van der Waals surface area contributed by atoms with Crippen molar-refractivity contribution in [1.29, 1.82) is 0 Å². The highest BCUT2D eigenvalue weighted by atomic mass is 32.2. The van der Waals surface area contributed by atoms with Crippen molar-refractivity contribution in [2.45, 2.75) is 25.3 Å². The zero-order chi connectivity index (χ0) is 15.6. The maximum atomic E-state index is 13.5. The predicted molar refractivity (Wildman–Crippen MR) is 83.1 cm³/mol.